The maximum Gasteiger partial charge on any atom is 0.319 e. The summed E-state index contributed by atoms with van der Waals surface area (Å²) < 4.78 is 26.7. The second kappa shape index (κ2) is 9.53. The number of hydrogen-bond donors (Lipinski definition) is 1. The van der Waals surface area contributed by atoms with Gasteiger partial charge in [-0.3, -0.25) is 4.90 Å². The molecule has 1 aliphatic rings. The van der Waals surface area contributed by atoms with E-state index in [0.717, 1.165) is 32.1 Å². The van der Waals surface area contributed by atoms with E-state index in [-0.39, 0.29) is 11.5 Å². The third-order valence-electron chi connectivity index (χ3n) is 6.32. The van der Waals surface area contributed by atoms with Crippen LogP contribution in [0.25, 0.3) is 0 Å². The molecule has 2 N–H and O–H groups in total. The molecular weight excluding hydrogens is 419 g/mol. The molecular formula is C22H30F2N5OP. The van der Waals surface area contributed by atoms with Gasteiger partial charge in [0.2, 0.25) is 5.82 Å². The summed E-state index contributed by atoms with van der Waals surface area (Å²) in [5.41, 5.74) is 4.09. The summed E-state index contributed by atoms with van der Waals surface area (Å²) >= 11 is 0. The topological polar surface area (TPSA) is 75.3 Å². The Morgan fingerprint density at radius 3 is 2.26 bits per heavy atom. The normalized spacial score (nSPS) is 21.8. The number of amides is 2. The van der Waals surface area contributed by atoms with Gasteiger partial charge in [0.25, 0.3) is 0 Å². The minimum Gasteiger partial charge on any atom is -0.351 e. The van der Waals surface area contributed by atoms with Crippen molar-refractivity contribution in [2.75, 3.05) is 25.5 Å². The van der Waals surface area contributed by atoms with E-state index in [9.17, 15) is 13.6 Å². The van der Waals surface area contributed by atoms with E-state index in [2.05, 4.69) is 53.2 Å². The first-order valence-corrected chi connectivity index (χ1v) is 11.0. The Morgan fingerprint density at radius 2 is 1.77 bits per heavy atom. The molecule has 0 aliphatic heterocycles. The van der Waals surface area contributed by atoms with E-state index in [1.54, 1.807) is 0 Å². The van der Waals surface area contributed by atoms with Gasteiger partial charge >= 0.3 is 11.7 Å². The van der Waals surface area contributed by atoms with Crippen LogP contribution in [0.2, 0.25) is 0 Å². The zero-order chi connectivity index (χ0) is 22.6. The van der Waals surface area contributed by atoms with Gasteiger partial charge in [-0.15, -0.1) is 0 Å². The van der Waals surface area contributed by atoms with Crippen molar-refractivity contribution in [2.45, 2.75) is 43.3 Å². The first kappa shape index (κ1) is 23.5. The molecule has 0 radical (unpaired) electrons. The van der Waals surface area contributed by atoms with Crippen molar-refractivity contribution in [1.29, 1.82) is 0 Å². The number of anilines is 1. The number of halogens is 2. The largest absolute Gasteiger partial charge is 0.351 e. The second-order valence-electron chi connectivity index (χ2n) is 8.56. The van der Waals surface area contributed by atoms with E-state index in [4.69, 9.17) is 5.73 Å². The Balaban J connectivity index is 1.68. The van der Waals surface area contributed by atoms with Gasteiger partial charge < -0.3 is 10.6 Å². The van der Waals surface area contributed by atoms with Gasteiger partial charge in [-0.2, -0.15) is 8.78 Å². The van der Waals surface area contributed by atoms with Gasteiger partial charge in [-0.25, -0.2) is 14.8 Å². The Bertz CT molecular complexity index is 866. The molecule has 2 aromatic rings. The van der Waals surface area contributed by atoms with E-state index in [1.807, 2.05) is 6.07 Å². The average Bonchev–Trinajstić information content (AvgIpc) is 2.73. The molecule has 3 rings (SSSR count). The van der Waals surface area contributed by atoms with Crippen LogP contribution in [0.5, 0.6) is 0 Å². The van der Waals surface area contributed by atoms with Crippen LogP contribution in [0.3, 0.4) is 0 Å². The van der Waals surface area contributed by atoms with Crippen molar-refractivity contribution in [3.05, 3.63) is 54.1 Å². The summed E-state index contributed by atoms with van der Waals surface area (Å²) in [5, 5.41) is 0. The molecule has 6 nitrogen and oxygen atoms in total. The number of nitrogens with zero attached hydrogens (tertiary/aromatic N) is 4. The zero-order valence-corrected chi connectivity index (χ0v) is 19.1. The van der Waals surface area contributed by atoms with Crippen molar-refractivity contribution in [2.24, 2.45) is 11.7 Å². The number of primary amides is 1. The third kappa shape index (κ3) is 5.74. The van der Waals surface area contributed by atoms with E-state index < -0.39 is 17.5 Å². The molecule has 0 bridgehead atoms. The zero-order valence-electron chi connectivity index (χ0n) is 18.0. The number of carbonyl (C=O) groups excluding carboxylic acids is 1. The lowest BCUT2D eigenvalue weighted by Crippen LogP contribution is -2.50. The highest BCUT2D eigenvalue weighted by molar-refractivity contribution is 7.17. The van der Waals surface area contributed by atoms with Crippen LogP contribution in [-0.2, 0) is 12.1 Å². The lowest BCUT2D eigenvalue weighted by Gasteiger charge is -2.46. The van der Waals surface area contributed by atoms with E-state index in [0.29, 0.717) is 12.2 Å². The number of nitrogens with two attached hydrogens (primary N) is 1. The van der Waals surface area contributed by atoms with Gasteiger partial charge in [-0.05, 0) is 57.7 Å². The van der Waals surface area contributed by atoms with Gasteiger partial charge in [0.15, 0.2) is 0 Å². The Labute approximate surface area is 184 Å². The number of likely N-dealkylation sites (N-methyl/N-ethyl adjacent to an activating group) is 1. The Kier molecular flexibility index (Phi) is 7.22. The SMILES string of the molecule is CN(C)C1(Cc2ccccc2)CCC(CN(C(N)=O)c2cnc(C(F)(F)P)nc2)CC1. The molecule has 9 heteroatoms. The van der Waals surface area contributed by atoms with Crippen LogP contribution in [0.4, 0.5) is 19.3 Å². The molecule has 2 amide bonds. The van der Waals surface area contributed by atoms with Crippen LogP contribution in [0.1, 0.15) is 37.1 Å². The van der Waals surface area contributed by atoms with Crippen LogP contribution in [0.15, 0.2) is 42.7 Å². The Morgan fingerprint density at radius 1 is 1.19 bits per heavy atom. The molecule has 31 heavy (non-hydrogen) atoms. The second-order valence-corrected chi connectivity index (χ2v) is 9.29. The van der Waals surface area contributed by atoms with Gasteiger partial charge in [0.05, 0.1) is 18.1 Å². The number of hydrogen-bond acceptors (Lipinski definition) is 4. The third-order valence-corrected chi connectivity index (χ3v) is 6.57. The summed E-state index contributed by atoms with van der Waals surface area (Å²) in [5.74, 6) is -0.348. The lowest BCUT2D eigenvalue weighted by molar-refractivity contribution is 0.0808. The van der Waals surface area contributed by atoms with Gasteiger partial charge in [0.1, 0.15) is 0 Å². The van der Waals surface area contributed by atoms with Crippen LogP contribution in [0, 0.1) is 5.92 Å². The fourth-order valence-corrected chi connectivity index (χ4v) is 4.52. The predicted octanol–water partition coefficient (Wildman–Crippen LogP) is 4.02. The van der Waals surface area contributed by atoms with Gasteiger partial charge in [0, 0.05) is 12.1 Å². The molecule has 1 aliphatic carbocycles. The van der Waals surface area contributed by atoms with Crippen LogP contribution in [-0.4, -0.2) is 47.1 Å². The molecule has 0 saturated heterocycles. The molecule has 1 heterocycles. The number of benzene rings is 1. The smallest absolute Gasteiger partial charge is 0.319 e. The lowest BCUT2D eigenvalue weighted by atomic mass is 9.72. The monoisotopic (exact) mass is 449 g/mol. The molecule has 1 unspecified atom stereocenters. The summed E-state index contributed by atoms with van der Waals surface area (Å²) in [6.45, 7) is 0.421. The van der Waals surface area contributed by atoms with Crippen molar-refractivity contribution in [3.63, 3.8) is 0 Å². The maximum absolute atomic E-state index is 13.3. The first-order chi connectivity index (χ1) is 14.6. The van der Waals surface area contributed by atoms with Gasteiger partial charge in [-0.1, -0.05) is 39.6 Å². The molecule has 1 aromatic carbocycles. The number of alkyl halides is 2. The highest BCUT2D eigenvalue weighted by atomic mass is 31.0. The molecule has 168 valence electrons. The summed E-state index contributed by atoms with van der Waals surface area (Å²) in [6, 6.07) is 9.84. The molecule has 0 spiro atoms. The fraction of sp³-hybridized carbons (Fsp3) is 0.500. The summed E-state index contributed by atoms with van der Waals surface area (Å²) in [6.07, 6.45) is 7.32. The first-order valence-electron chi connectivity index (χ1n) is 10.4. The molecule has 1 saturated carbocycles. The van der Waals surface area contributed by atoms with Crippen molar-refractivity contribution in [1.82, 2.24) is 14.9 Å². The van der Waals surface area contributed by atoms with Crippen LogP contribution < -0.4 is 10.6 Å². The minimum atomic E-state index is -3.21. The number of rotatable bonds is 7. The Hall–Kier alpha value is -2.18. The maximum atomic E-state index is 13.3. The highest BCUT2D eigenvalue weighted by Gasteiger charge is 2.38. The number of urea groups is 1. The number of aromatic nitrogens is 2. The average molecular weight is 449 g/mol. The highest BCUT2D eigenvalue weighted by Crippen LogP contribution is 2.39. The molecule has 1 fully saturated rings. The van der Waals surface area contributed by atoms with E-state index >= 15 is 0 Å². The minimum absolute atomic E-state index is 0.0739. The van der Waals surface area contributed by atoms with Crippen LogP contribution >= 0.6 is 9.24 Å². The van der Waals surface area contributed by atoms with Crippen molar-refractivity contribution in [3.8, 4) is 0 Å². The van der Waals surface area contributed by atoms with Crippen molar-refractivity contribution >= 4 is 21.0 Å². The van der Waals surface area contributed by atoms with Crippen molar-refractivity contribution < 1.29 is 13.6 Å². The van der Waals surface area contributed by atoms with E-state index in [1.165, 1.54) is 32.1 Å². The quantitative estimate of drug-likeness (QED) is 0.648. The standard InChI is InChI=1S/C22H30F2N5OP/c1-28(2)21(12-16-6-4-3-5-7-16)10-8-17(9-11-21)15-29(20(25)30)18-13-26-19(27-14-18)22(23,24)31/h3-7,13-14,17H,8-12,15,31H2,1-2H3,(H2,25,30). The molecule has 1 atom stereocenters. The fourth-order valence-electron chi connectivity index (χ4n) is 4.37. The summed E-state index contributed by atoms with van der Waals surface area (Å²) in [7, 11) is 5.65. The predicted molar refractivity (Wildman–Crippen MR) is 121 cm³/mol. The summed E-state index contributed by atoms with van der Waals surface area (Å²) in [4.78, 5) is 23.2. The molecule has 1 aromatic heterocycles. The number of carbonyl (C=O) groups is 1.